The van der Waals surface area contributed by atoms with Gasteiger partial charge in [0.1, 0.15) is 0 Å². The number of hydrogen-bond acceptors (Lipinski definition) is 2. The van der Waals surface area contributed by atoms with Crippen LogP contribution in [0, 0.1) is 0 Å². The summed E-state index contributed by atoms with van der Waals surface area (Å²) in [4.78, 5) is 0. The average Bonchev–Trinajstić information content (AvgIpc) is 2.07. The zero-order valence-electron chi connectivity index (χ0n) is 5.35. The Morgan fingerprint density at radius 2 is 2.11 bits per heavy atom. The van der Waals surface area contributed by atoms with Gasteiger partial charge in [-0.1, -0.05) is 0 Å². The summed E-state index contributed by atoms with van der Waals surface area (Å²) in [6.07, 6.45) is 2.88. The van der Waals surface area contributed by atoms with Crippen molar-refractivity contribution >= 4 is 24.2 Å². The lowest BCUT2D eigenvalue weighted by molar-refractivity contribution is 0.586. The molecule has 1 atom stereocenters. The van der Waals surface area contributed by atoms with E-state index in [1.54, 1.807) is 0 Å². The van der Waals surface area contributed by atoms with E-state index in [2.05, 4.69) is 17.1 Å². The van der Waals surface area contributed by atoms with Crippen molar-refractivity contribution < 1.29 is 0 Å². The van der Waals surface area contributed by atoms with Crippen LogP contribution < -0.4 is 5.32 Å². The summed E-state index contributed by atoms with van der Waals surface area (Å²) in [6, 6.07) is 0. The molecule has 0 aromatic heterocycles. The molecule has 1 unspecified atom stereocenters. The maximum atomic E-state index is 3.39. The number of thioether (sulfide) groups is 1. The van der Waals surface area contributed by atoms with E-state index in [1.807, 2.05) is 0 Å². The molecule has 1 spiro atoms. The first-order valence-electron chi connectivity index (χ1n) is 3.26. The Hall–Kier alpha value is 0.600. The predicted molar refractivity (Wildman–Crippen MR) is 44.5 cm³/mol. The molecule has 2 rings (SSSR count). The van der Waals surface area contributed by atoms with Crippen molar-refractivity contribution in [3.05, 3.63) is 0 Å². The largest absolute Gasteiger partial charge is 0.315 e. The van der Waals surface area contributed by atoms with E-state index >= 15 is 0 Å². The summed E-state index contributed by atoms with van der Waals surface area (Å²) in [6.45, 7) is 2.53. The van der Waals surface area contributed by atoms with Gasteiger partial charge in [0.05, 0.1) is 0 Å². The number of halogens is 1. The Kier molecular flexibility index (Phi) is 2.30. The summed E-state index contributed by atoms with van der Waals surface area (Å²) in [7, 11) is 0. The van der Waals surface area contributed by atoms with E-state index in [-0.39, 0.29) is 12.4 Å². The SMILES string of the molecule is C1CC2(CCS2)CN1.Cl. The maximum absolute atomic E-state index is 3.39. The third-order valence-corrected chi connectivity index (χ3v) is 3.74. The van der Waals surface area contributed by atoms with Crippen LogP contribution in [0.3, 0.4) is 0 Å². The first kappa shape index (κ1) is 7.70. The first-order valence-corrected chi connectivity index (χ1v) is 4.25. The quantitative estimate of drug-likeness (QED) is 0.581. The van der Waals surface area contributed by atoms with Gasteiger partial charge in [0, 0.05) is 11.3 Å². The number of rotatable bonds is 0. The normalized spacial score (nSPS) is 40.0. The number of nitrogens with one attached hydrogen (secondary N) is 1. The van der Waals surface area contributed by atoms with E-state index in [0.717, 1.165) is 4.75 Å². The van der Waals surface area contributed by atoms with E-state index in [4.69, 9.17) is 0 Å². The second-order valence-electron chi connectivity index (χ2n) is 2.71. The maximum Gasteiger partial charge on any atom is 0.0304 e. The Balaban J connectivity index is 0.000000405. The van der Waals surface area contributed by atoms with Crippen molar-refractivity contribution in [2.75, 3.05) is 18.8 Å². The summed E-state index contributed by atoms with van der Waals surface area (Å²) in [5.74, 6) is 1.40. The minimum absolute atomic E-state index is 0. The van der Waals surface area contributed by atoms with Crippen LogP contribution in [0.15, 0.2) is 0 Å². The molecule has 2 fully saturated rings. The number of hydrogen-bond donors (Lipinski definition) is 1. The zero-order chi connectivity index (χ0) is 5.45. The molecule has 0 aromatic rings. The van der Waals surface area contributed by atoms with E-state index in [0.29, 0.717) is 0 Å². The van der Waals surface area contributed by atoms with Crippen LogP contribution in [-0.2, 0) is 0 Å². The molecule has 0 bridgehead atoms. The fraction of sp³-hybridized carbons (Fsp3) is 1.00. The molecule has 2 heterocycles. The molecular weight excluding hydrogens is 154 g/mol. The lowest BCUT2D eigenvalue weighted by Gasteiger charge is -2.36. The third kappa shape index (κ3) is 1.21. The summed E-state index contributed by atoms with van der Waals surface area (Å²) in [5.41, 5.74) is 0. The predicted octanol–water partition coefficient (Wildman–Crippen LogP) is 1.28. The molecule has 1 N–H and O–H groups in total. The Labute approximate surface area is 66.4 Å². The Morgan fingerprint density at radius 3 is 2.33 bits per heavy atom. The van der Waals surface area contributed by atoms with Crippen LogP contribution in [0.25, 0.3) is 0 Å². The van der Waals surface area contributed by atoms with Gasteiger partial charge in [-0.05, 0) is 25.1 Å². The molecular formula is C6H12ClNS. The summed E-state index contributed by atoms with van der Waals surface area (Å²) in [5, 5.41) is 3.39. The van der Waals surface area contributed by atoms with Gasteiger partial charge in [-0.2, -0.15) is 11.8 Å². The van der Waals surface area contributed by atoms with Crippen molar-refractivity contribution in [2.45, 2.75) is 17.6 Å². The van der Waals surface area contributed by atoms with Crippen molar-refractivity contribution in [1.82, 2.24) is 5.32 Å². The highest BCUT2D eigenvalue weighted by molar-refractivity contribution is 8.02. The molecule has 54 valence electrons. The highest BCUT2D eigenvalue weighted by Gasteiger charge is 2.39. The fourth-order valence-electron chi connectivity index (χ4n) is 1.45. The summed E-state index contributed by atoms with van der Waals surface area (Å²) < 4.78 is 0.722. The van der Waals surface area contributed by atoms with Gasteiger partial charge in [0.2, 0.25) is 0 Å². The standard InChI is InChI=1S/C6H11NS.ClH/c1-3-7-5-6(1)2-4-8-6;/h7H,1-5H2;1H. The highest BCUT2D eigenvalue weighted by Crippen LogP contribution is 2.44. The van der Waals surface area contributed by atoms with Gasteiger partial charge < -0.3 is 5.32 Å². The van der Waals surface area contributed by atoms with Gasteiger partial charge in [0.25, 0.3) is 0 Å². The Morgan fingerprint density at radius 1 is 1.33 bits per heavy atom. The molecule has 0 aliphatic carbocycles. The molecule has 3 heteroatoms. The van der Waals surface area contributed by atoms with Crippen molar-refractivity contribution in [3.63, 3.8) is 0 Å². The van der Waals surface area contributed by atoms with Crippen LogP contribution in [0.4, 0.5) is 0 Å². The van der Waals surface area contributed by atoms with Crippen LogP contribution >= 0.6 is 24.2 Å². The van der Waals surface area contributed by atoms with Gasteiger partial charge in [-0.3, -0.25) is 0 Å². The van der Waals surface area contributed by atoms with Gasteiger partial charge in [0.15, 0.2) is 0 Å². The fourth-order valence-corrected chi connectivity index (χ4v) is 2.68. The molecule has 0 amide bonds. The van der Waals surface area contributed by atoms with Crippen molar-refractivity contribution in [2.24, 2.45) is 0 Å². The molecule has 0 saturated carbocycles. The van der Waals surface area contributed by atoms with Gasteiger partial charge in [-0.15, -0.1) is 12.4 Å². The van der Waals surface area contributed by atoms with Gasteiger partial charge >= 0.3 is 0 Å². The first-order chi connectivity index (χ1) is 3.91. The molecule has 2 saturated heterocycles. The Bertz CT molecular complexity index is 95.2. The molecule has 2 aliphatic rings. The topological polar surface area (TPSA) is 12.0 Å². The smallest absolute Gasteiger partial charge is 0.0304 e. The average molecular weight is 166 g/mol. The summed E-state index contributed by atoms with van der Waals surface area (Å²) >= 11 is 2.15. The molecule has 2 aliphatic heterocycles. The van der Waals surface area contributed by atoms with Crippen LogP contribution in [-0.4, -0.2) is 23.6 Å². The molecule has 0 aromatic carbocycles. The highest BCUT2D eigenvalue weighted by atomic mass is 35.5. The van der Waals surface area contributed by atoms with E-state index in [9.17, 15) is 0 Å². The molecule has 9 heavy (non-hydrogen) atoms. The van der Waals surface area contributed by atoms with Gasteiger partial charge in [-0.25, -0.2) is 0 Å². The molecule has 1 nitrogen and oxygen atoms in total. The molecule has 0 radical (unpaired) electrons. The lowest BCUT2D eigenvalue weighted by Crippen LogP contribution is -2.36. The minimum Gasteiger partial charge on any atom is -0.315 e. The minimum atomic E-state index is 0. The monoisotopic (exact) mass is 165 g/mol. The zero-order valence-corrected chi connectivity index (χ0v) is 6.99. The van der Waals surface area contributed by atoms with Crippen LogP contribution in [0.1, 0.15) is 12.8 Å². The van der Waals surface area contributed by atoms with Crippen LogP contribution in [0.5, 0.6) is 0 Å². The van der Waals surface area contributed by atoms with Crippen molar-refractivity contribution in [1.29, 1.82) is 0 Å². The lowest BCUT2D eigenvalue weighted by atomic mass is 10.0. The second-order valence-corrected chi connectivity index (χ2v) is 4.27. The van der Waals surface area contributed by atoms with Crippen molar-refractivity contribution in [3.8, 4) is 0 Å². The van der Waals surface area contributed by atoms with E-state index < -0.39 is 0 Å². The third-order valence-electron chi connectivity index (χ3n) is 2.17. The van der Waals surface area contributed by atoms with Crippen LogP contribution in [0.2, 0.25) is 0 Å². The second kappa shape index (κ2) is 2.69. The van der Waals surface area contributed by atoms with E-state index in [1.165, 1.54) is 31.7 Å².